The zero-order chi connectivity index (χ0) is 15.5. The summed E-state index contributed by atoms with van der Waals surface area (Å²) in [5.74, 6) is 1.34. The van der Waals surface area contributed by atoms with Crippen molar-refractivity contribution in [3.8, 4) is 0 Å². The van der Waals surface area contributed by atoms with Gasteiger partial charge >= 0.3 is 0 Å². The van der Waals surface area contributed by atoms with Crippen molar-refractivity contribution in [1.82, 2.24) is 9.97 Å². The second-order valence-corrected chi connectivity index (χ2v) is 8.19. The molecule has 1 aliphatic heterocycles. The number of nitrogens with one attached hydrogen (secondary N) is 1. The van der Waals surface area contributed by atoms with Gasteiger partial charge in [-0.05, 0) is 19.8 Å². The Hall–Kier alpha value is -0.920. The molecule has 0 saturated carbocycles. The van der Waals surface area contributed by atoms with Crippen LogP contribution in [0.3, 0.4) is 0 Å². The van der Waals surface area contributed by atoms with E-state index in [0.717, 1.165) is 0 Å². The fourth-order valence-electron chi connectivity index (χ4n) is 2.63. The van der Waals surface area contributed by atoms with E-state index in [2.05, 4.69) is 15.3 Å². The van der Waals surface area contributed by atoms with E-state index >= 15 is 0 Å². The lowest BCUT2D eigenvalue weighted by Crippen LogP contribution is -2.41. The molecule has 0 spiro atoms. The van der Waals surface area contributed by atoms with Gasteiger partial charge in [-0.1, -0.05) is 11.6 Å². The minimum Gasteiger partial charge on any atom is -0.381 e. The summed E-state index contributed by atoms with van der Waals surface area (Å²) < 4.78 is 28.8. The van der Waals surface area contributed by atoms with Crippen molar-refractivity contribution >= 4 is 27.3 Å². The SMILES string of the molecule is Cc1nc(Cl)cc(NCC2(CS(C)(=O)=O)CCOCC2)n1. The molecule has 0 atom stereocenters. The molecule has 6 nitrogen and oxygen atoms in total. The van der Waals surface area contributed by atoms with Crippen molar-refractivity contribution in [3.05, 3.63) is 17.0 Å². The van der Waals surface area contributed by atoms with Gasteiger partial charge in [0.05, 0.1) is 5.75 Å². The summed E-state index contributed by atoms with van der Waals surface area (Å²) in [4.78, 5) is 8.26. The maximum atomic E-state index is 11.7. The van der Waals surface area contributed by atoms with E-state index in [1.807, 2.05) is 0 Å². The lowest BCUT2D eigenvalue weighted by Gasteiger charge is -2.36. The molecular formula is C13H20ClN3O3S. The Bertz CT molecular complexity index is 580. The van der Waals surface area contributed by atoms with E-state index in [1.54, 1.807) is 13.0 Å². The van der Waals surface area contributed by atoms with Gasteiger partial charge < -0.3 is 10.1 Å². The molecule has 0 bridgehead atoms. The van der Waals surface area contributed by atoms with Crippen LogP contribution in [-0.4, -0.2) is 50.2 Å². The predicted octanol–water partition coefficient (Wildman–Crippen LogP) is 1.69. The number of nitrogens with zero attached hydrogens (tertiary/aromatic N) is 2. The van der Waals surface area contributed by atoms with E-state index in [4.69, 9.17) is 16.3 Å². The summed E-state index contributed by atoms with van der Waals surface area (Å²) in [5, 5.41) is 3.57. The zero-order valence-electron chi connectivity index (χ0n) is 12.2. The highest BCUT2D eigenvalue weighted by Gasteiger charge is 2.35. The van der Waals surface area contributed by atoms with Crippen LogP contribution in [0, 0.1) is 12.3 Å². The average molecular weight is 334 g/mol. The van der Waals surface area contributed by atoms with Gasteiger partial charge in [0.15, 0.2) is 0 Å². The molecule has 0 aromatic carbocycles. The second-order valence-electron chi connectivity index (χ2n) is 5.66. The monoisotopic (exact) mass is 333 g/mol. The van der Waals surface area contributed by atoms with Gasteiger partial charge in [0.1, 0.15) is 26.6 Å². The van der Waals surface area contributed by atoms with Gasteiger partial charge in [0.2, 0.25) is 0 Å². The van der Waals surface area contributed by atoms with E-state index in [9.17, 15) is 8.42 Å². The Morgan fingerprint density at radius 1 is 1.38 bits per heavy atom. The third-order valence-electron chi connectivity index (χ3n) is 3.57. The van der Waals surface area contributed by atoms with Crippen LogP contribution in [0.4, 0.5) is 5.82 Å². The minimum absolute atomic E-state index is 0.147. The molecule has 8 heteroatoms. The topological polar surface area (TPSA) is 81.2 Å². The molecule has 1 N–H and O–H groups in total. The van der Waals surface area contributed by atoms with Gasteiger partial charge in [0.25, 0.3) is 0 Å². The highest BCUT2D eigenvalue weighted by molar-refractivity contribution is 7.90. The molecule has 0 amide bonds. The first-order valence-corrected chi connectivity index (χ1v) is 9.22. The van der Waals surface area contributed by atoms with E-state index in [1.165, 1.54) is 6.26 Å². The summed E-state index contributed by atoms with van der Waals surface area (Å²) >= 11 is 5.91. The molecule has 2 rings (SSSR count). The molecule has 2 heterocycles. The van der Waals surface area contributed by atoms with E-state index in [-0.39, 0.29) is 11.2 Å². The van der Waals surface area contributed by atoms with Crippen LogP contribution in [0.2, 0.25) is 5.15 Å². The standard InChI is InChI=1S/C13H20ClN3O3S/c1-10-16-11(14)7-12(17-10)15-8-13(9-21(2,18)19)3-5-20-6-4-13/h7H,3-6,8-9H2,1-2H3,(H,15,16,17). The molecule has 1 fully saturated rings. The first-order chi connectivity index (χ1) is 9.78. The molecule has 0 radical (unpaired) electrons. The first kappa shape index (κ1) is 16.5. The number of aryl methyl sites for hydroxylation is 1. The highest BCUT2D eigenvalue weighted by atomic mass is 35.5. The van der Waals surface area contributed by atoms with Crippen molar-refractivity contribution < 1.29 is 13.2 Å². The van der Waals surface area contributed by atoms with Gasteiger partial charge in [0, 0.05) is 37.5 Å². The fraction of sp³-hybridized carbons (Fsp3) is 0.692. The number of halogens is 1. The third-order valence-corrected chi connectivity index (χ3v) is 4.90. The number of anilines is 1. The molecule has 1 saturated heterocycles. The number of hydrogen-bond acceptors (Lipinski definition) is 6. The number of hydrogen-bond donors (Lipinski definition) is 1. The predicted molar refractivity (Wildman–Crippen MR) is 82.5 cm³/mol. The molecule has 1 aromatic rings. The molecule has 21 heavy (non-hydrogen) atoms. The Balaban J connectivity index is 2.11. The van der Waals surface area contributed by atoms with E-state index < -0.39 is 9.84 Å². The summed E-state index contributed by atoms with van der Waals surface area (Å²) in [7, 11) is -3.06. The van der Waals surface area contributed by atoms with Gasteiger partial charge in [-0.25, -0.2) is 18.4 Å². The normalized spacial score (nSPS) is 18.4. The second kappa shape index (κ2) is 6.46. The largest absolute Gasteiger partial charge is 0.381 e. The van der Waals surface area contributed by atoms with Gasteiger partial charge in [-0.15, -0.1) is 0 Å². The van der Waals surface area contributed by atoms with Gasteiger partial charge in [-0.2, -0.15) is 0 Å². The molecule has 118 valence electrons. The van der Waals surface area contributed by atoms with Crippen LogP contribution in [-0.2, 0) is 14.6 Å². The molecule has 1 aromatic heterocycles. The number of aromatic nitrogens is 2. The number of sulfone groups is 1. The van der Waals surface area contributed by atoms with Crippen LogP contribution in [0.1, 0.15) is 18.7 Å². The van der Waals surface area contributed by atoms with Crippen LogP contribution >= 0.6 is 11.6 Å². The Labute approximate surface area is 130 Å². The summed E-state index contributed by atoms with van der Waals surface area (Å²) in [6.45, 7) is 3.45. The van der Waals surface area contributed by atoms with Crippen molar-refractivity contribution in [2.75, 3.05) is 37.1 Å². The maximum Gasteiger partial charge on any atom is 0.148 e. The summed E-state index contributed by atoms with van der Waals surface area (Å²) in [6.07, 6.45) is 2.70. The first-order valence-electron chi connectivity index (χ1n) is 6.79. The highest BCUT2D eigenvalue weighted by Crippen LogP contribution is 2.32. The fourth-order valence-corrected chi connectivity index (χ4v) is 4.36. The smallest absolute Gasteiger partial charge is 0.148 e. The quantitative estimate of drug-likeness (QED) is 0.826. The van der Waals surface area contributed by atoms with Crippen molar-refractivity contribution in [2.45, 2.75) is 19.8 Å². The Kier molecular flexibility index (Phi) is 5.06. The van der Waals surface area contributed by atoms with Crippen molar-refractivity contribution in [3.63, 3.8) is 0 Å². The third kappa shape index (κ3) is 5.09. The number of rotatable bonds is 5. The van der Waals surface area contributed by atoms with Crippen LogP contribution in [0.15, 0.2) is 6.07 Å². The Morgan fingerprint density at radius 2 is 2.05 bits per heavy atom. The van der Waals surface area contributed by atoms with Crippen molar-refractivity contribution in [2.24, 2.45) is 5.41 Å². The number of ether oxygens (including phenoxy) is 1. The van der Waals surface area contributed by atoms with Gasteiger partial charge in [-0.3, -0.25) is 0 Å². The van der Waals surface area contributed by atoms with Crippen LogP contribution in [0.25, 0.3) is 0 Å². The summed E-state index contributed by atoms with van der Waals surface area (Å²) in [6, 6.07) is 1.64. The lowest BCUT2D eigenvalue weighted by atomic mass is 9.82. The molecule has 1 aliphatic rings. The zero-order valence-corrected chi connectivity index (χ0v) is 13.8. The molecule has 0 aliphatic carbocycles. The lowest BCUT2D eigenvalue weighted by molar-refractivity contribution is 0.0315. The van der Waals surface area contributed by atoms with Crippen LogP contribution < -0.4 is 5.32 Å². The van der Waals surface area contributed by atoms with Crippen molar-refractivity contribution in [1.29, 1.82) is 0 Å². The molecule has 0 unspecified atom stereocenters. The molecular weight excluding hydrogens is 314 g/mol. The average Bonchev–Trinajstić information content (AvgIpc) is 2.34. The summed E-state index contributed by atoms with van der Waals surface area (Å²) in [5.41, 5.74) is -0.322. The van der Waals surface area contributed by atoms with Crippen LogP contribution in [0.5, 0.6) is 0 Å². The Morgan fingerprint density at radius 3 is 2.62 bits per heavy atom. The maximum absolute atomic E-state index is 11.7. The van der Waals surface area contributed by atoms with E-state index in [0.29, 0.717) is 49.4 Å². The minimum atomic E-state index is -3.06.